The van der Waals surface area contributed by atoms with Crippen LogP contribution in [0.1, 0.15) is 20.8 Å². The zero-order chi connectivity index (χ0) is 18.8. The first-order valence-corrected chi connectivity index (χ1v) is 8.94. The zero-order valence-corrected chi connectivity index (χ0v) is 14.8. The van der Waals surface area contributed by atoms with E-state index in [1.54, 1.807) is 20.8 Å². The highest BCUT2D eigenvalue weighted by Gasteiger charge is 2.82. The van der Waals surface area contributed by atoms with Gasteiger partial charge in [0.1, 0.15) is 11.5 Å². The smallest absolute Gasteiger partial charge is 0.313 e. The lowest BCUT2D eigenvalue weighted by atomic mass is 9.42. The van der Waals surface area contributed by atoms with E-state index in [1.165, 1.54) is 12.2 Å². The molecule has 140 valence electrons. The third-order valence-electron chi connectivity index (χ3n) is 7.70. The molecule has 26 heavy (non-hydrogen) atoms. The van der Waals surface area contributed by atoms with Gasteiger partial charge in [-0.3, -0.25) is 9.59 Å². The molecule has 1 saturated carbocycles. The highest BCUT2D eigenvalue weighted by Crippen LogP contribution is 2.69. The normalized spacial score (nSPS) is 57.2. The Bertz CT molecular complexity index is 815. The number of hydrogen-bond donors (Lipinski definition) is 3. The molecule has 9 unspecified atom stereocenters. The molecule has 3 N–H and O–H groups in total. The van der Waals surface area contributed by atoms with Crippen LogP contribution in [0, 0.1) is 22.7 Å². The Labute approximate surface area is 150 Å². The van der Waals surface area contributed by atoms with Gasteiger partial charge >= 0.3 is 5.97 Å². The van der Waals surface area contributed by atoms with Crippen LogP contribution in [0.25, 0.3) is 0 Å². The van der Waals surface area contributed by atoms with E-state index in [-0.39, 0.29) is 12.4 Å². The van der Waals surface area contributed by atoms with Crippen LogP contribution in [0.15, 0.2) is 23.3 Å². The predicted molar refractivity (Wildman–Crippen MR) is 86.6 cm³/mol. The highest BCUT2D eigenvalue weighted by atomic mass is 16.6. The number of aliphatic hydroxyl groups excluding tert-OH is 3. The quantitative estimate of drug-likeness (QED) is 0.498. The standard InChI is InChI=1S/C19H22O7/c1-7-4-9(20)14(23)17(2)8(7)5-10(21)19-6-25-18(3)13(19)16(24)26-15(18)11(22)12(17)19/h4-5,9,11-15,20,22-23H,6H2,1-3H3. The summed E-state index contributed by atoms with van der Waals surface area (Å²) in [6.45, 7) is 5.21. The van der Waals surface area contributed by atoms with Crippen molar-refractivity contribution in [2.45, 2.75) is 50.8 Å². The Balaban J connectivity index is 1.82. The lowest BCUT2D eigenvalue weighted by Gasteiger charge is -2.59. The SMILES string of the molecule is CC1=CC(O)C(O)C2(C)C1=CC(=O)C13COC4(C)C(OC(=O)C41)C(O)C23. The molecule has 3 fully saturated rings. The summed E-state index contributed by atoms with van der Waals surface area (Å²) in [5, 5.41) is 32.5. The van der Waals surface area contributed by atoms with Crippen molar-refractivity contribution in [3.05, 3.63) is 23.3 Å². The molecule has 7 heteroatoms. The number of hydrogen-bond acceptors (Lipinski definition) is 7. The minimum Gasteiger partial charge on any atom is -0.456 e. The number of ketones is 1. The molecule has 2 aliphatic heterocycles. The van der Waals surface area contributed by atoms with Gasteiger partial charge in [-0.1, -0.05) is 13.0 Å². The molecule has 5 aliphatic rings. The molecule has 9 atom stereocenters. The van der Waals surface area contributed by atoms with Gasteiger partial charge in [0.15, 0.2) is 11.9 Å². The molecule has 4 bridgehead atoms. The zero-order valence-electron chi connectivity index (χ0n) is 14.8. The fraction of sp³-hybridized carbons (Fsp3) is 0.684. The second-order valence-corrected chi connectivity index (χ2v) is 8.76. The lowest BCUT2D eigenvalue weighted by Crippen LogP contribution is -2.70. The number of ether oxygens (including phenoxy) is 2. The van der Waals surface area contributed by atoms with Gasteiger partial charge in [0.25, 0.3) is 0 Å². The third kappa shape index (κ3) is 1.42. The van der Waals surface area contributed by atoms with Gasteiger partial charge in [0, 0.05) is 11.3 Å². The summed E-state index contributed by atoms with van der Waals surface area (Å²) < 4.78 is 11.4. The Hall–Kier alpha value is -1.54. The Morgan fingerprint density at radius 2 is 1.88 bits per heavy atom. The molecule has 7 nitrogen and oxygen atoms in total. The van der Waals surface area contributed by atoms with E-state index in [2.05, 4.69) is 0 Å². The monoisotopic (exact) mass is 362 g/mol. The molecule has 1 spiro atoms. The van der Waals surface area contributed by atoms with E-state index in [4.69, 9.17) is 9.47 Å². The van der Waals surface area contributed by atoms with E-state index in [9.17, 15) is 24.9 Å². The molecule has 0 radical (unpaired) electrons. The van der Waals surface area contributed by atoms with Gasteiger partial charge in [0.2, 0.25) is 0 Å². The van der Waals surface area contributed by atoms with E-state index in [0.717, 1.165) is 0 Å². The van der Waals surface area contributed by atoms with E-state index < -0.39 is 58.7 Å². The minimum absolute atomic E-state index is 0.00866. The van der Waals surface area contributed by atoms with Gasteiger partial charge in [-0.2, -0.15) is 0 Å². The number of aliphatic hydroxyl groups is 3. The molecule has 0 aromatic carbocycles. The van der Waals surface area contributed by atoms with Crippen LogP contribution in [0.2, 0.25) is 0 Å². The van der Waals surface area contributed by atoms with Crippen LogP contribution in [-0.2, 0) is 19.1 Å². The first kappa shape index (κ1) is 16.6. The summed E-state index contributed by atoms with van der Waals surface area (Å²) in [5.74, 6) is -2.45. The van der Waals surface area contributed by atoms with Crippen molar-refractivity contribution in [3.8, 4) is 0 Å². The van der Waals surface area contributed by atoms with Crippen LogP contribution in [0.3, 0.4) is 0 Å². The predicted octanol–water partition coefficient (Wildman–Crippen LogP) is -0.509. The first-order chi connectivity index (χ1) is 12.1. The molecule has 0 aromatic rings. The Morgan fingerprint density at radius 1 is 1.19 bits per heavy atom. The van der Waals surface area contributed by atoms with Crippen LogP contribution < -0.4 is 0 Å². The Morgan fingerprint density at radius 3 is 2.58 bits per heavy atom. The second-order valence-electron chi connectivity index (χ2n) is 8.76. The largest absolute Gasteiger partial charge is 0.456 e. The summed E-state index contributed by atoms with van der Waals surface area (Å²) in [5.41, 5.74) is -2.18. The molecular weight excluding hydrogens is 340 g/mol. The topological polar surface area (TPSA) is 113 Å². The number of rotatable bonds is 0. The number of esters is 1. The summed E-state index contributed by atoms with van der Waals surface area (Å²) in [6, 6.07) is 0. The highest BCUT2D eigenvalue weighted by molar-refractivity contribution is 6.03. The van der Waals surface area contributed by atoms with Crippen molar-refractivity contribution in [1.29, 1.82) is 0 Å². The van der Waals surface area contributed by atoms with Crippen molar-refractivity contribution in [2.24, 2.45) is 22.7 Å². The average Bonchev–Trinajstić information content (AvgIpc) is 2.94. The number of fused-ring (bicyclic) bond motifs is 2. The van der Waals surface area contributed by atoms with Gasteiger partial charge in [-0.15, -0.1) is 0 Å². The molecule has 0 amide bonds. The molecule has 2 heterocycles. The maximum absolute atomic E-state index is 13.3. The van der Waals surface area contributed by atoms with Gasteiger partial charge in [-0.05, 0) is 31.1 Å². The van der Waals surface area contributed by atoms with E-state index in [0.29, 0.717) is 11.1 Å². The van der Waals surface area contributed by atoms with Crippen LogP contribution >= 0.6 is 0 Å². The maximum atomic E-state index is 13.3. The van der Waals surface area contributed by atoms with Crippen molar-refractivity contribution in [2.75, 3.05) is 6.61 Å². The Kier molecular flexibility index (Phi) is 2.86. The van der Waals surface area contributed by atoms with E-state index in [1.807, 2.05) is 0 Å². The lowest BCUT2D eigenvalue weighted by molar-refractivity contribution is -0.181. The summed E-state index contributed by atoms with van der Waals surface area (Å²) in [7, 11) is 0. The van der Waals surface area contributed by atoms with Crippen molar-refractivity contribution in [1.82, 2.24) is 0 Å². The van der Waals surface area contributed by atoms with Crippen molar-refractivity contribution < 1.29 is 34.4 Å². The third-order valence-corrected chi connectivity index (χ3v) is 7.70. The number of allylic oxidation sites excluding steroid dienone is 2. The number of carbonyl (C=O) groups excluding carboxylic acids is 2. The summed E-state index contributed by atoms with van der Waals surface area (Å²) in [4.78, 5) is 25.9. The minimum atomic E-state index is -1.30. The number of carbonyl (C=O) groups is 2. The molecular formula is C19H22O7. The first-order valence-electron chi connectivity index (χ1n) is 8.94. The maximum Gasteiger partial charge on any atom is 0.313 e. The van der Waals surface area contributed by atoms with Crippen LogP contribution in [-0.4, -0.2) is 63.7 Å². The molecule has 5 rings (SSSR count). The van der Waals surface area contributed by atoms with Crippen LogP contribution in [0.5, 0.6) is 0 Å². The fourth-order valence-electron chi connectivity index (χ4n) is 6.63. The van der Waals surface area contributed by atoms with E-state index >= 15 is 0 Å². The van der Waals surface area contributed by atoms with Crippen molar-refractivity contribution >= 4 is 11.8 Å². The summed E-state index contributed by atoms with van der Waals surface area (Å²) in [6.07, 6.45) is -1.45. The molecule has 0 aromatic heterocycles. The molecule has 2 saturated heterocycles. The van der Waals surface area contributed by atoms with Gasteiger partial charge in [0.05, 0.1) is 30.3 Å². The second kappa shape index (κ2) is 4.47. The van der Waals surface area contributed by atoms with Gasteiger partial charge in [-0.25, -0.2) is 0 Å². The van der Waals surface area contributed by atoms with Crippen LogP contribution in [0.4, 0.5) is 0 Å². The van der Waals surface area contributed by atoms with Gasteiger partial charge < -0.3 is 24.8 Å². The average molecular weight is 362 g/mol. The summed E-state index contributed by atoms with van der Waals surface area (Å²) >= 11 is 0. The fourth-order valence-corrected chi connectivity index (χ4v) is 6.63. The molecule has 3 aliphatic carbocycles. The van der Waals surface area contributed by atoms with Crippen molar-refractivity contribution in [3.63, 3.8) is 0 Å².